The number of nitrogens with zero attached hydrogens (tertiary/aromatic N) is 2. The Labute approximate surface area is 83.4 Å². The van der Waals surface area contributed by atoms with Gasteiger partial charge in [-0.1, -0.05) is 18.5 Å². The van der Waals surface area contributed by atoms with Gasteiger partial charge in [-0.05, 0) is 31.2 Å². The molecule has 70 valence electrons. The summed E-state index contributed by atoms with van der Waals surface area (Å²) in [6.45, 7) is 2.28. The fraction of sp³-hybridized carbons (Fsp3) is 0.600. The van der Waals surface area contributed by atoms with Crippen molar-refractivity contribution in [3.8, 4) is 0 Å². The van der Waals surface area contributed by atoms with Crippen molar-refractivity contribution in [2.75, 3.05) is 0 Å². The Morgan fingerprint density at radius 2 is 2.31 bits per heavy atom. The van der Waals surface area contributed by atoms with Crippen LogP contribution in [0.1, 0.15) is 37.9 Å². The second kappa shape index (κ2) is 3.62. The van der Waals surface area contributed by atoms with Crippen molar-refractivity contribution < 1.29 is 0 Å². The van der Waals surface area contributed by atoms with Crippen LogP contribution in [0, 0.1) is 5.92 Å². The van der Waals surface area contributed by atoms with Crippen LogP contribution >= 0.6 is 11.6 Å². The first kappa shape index (κ1) is 8.95. The summed E-state index contributed by atoms with van der Waals surface area (Å²) in [7, 11) is 0. The highest BCUT2D eigenvalue weighted by Crippen LogP contribution is 2.36. The number of halogens is 1. The lowest BCUT2D eigenvalue weighted by atomic mass is 10.1. The zero-order chi connectivity index (χ0) is 9.26. The summed E-state index contributed by atoms with van der Waals surface area (Å²) in [5, 5.41) is 0.560. The third kappa shape index (κ3) is 1.99. The van der Waals surface area contributed by atoms with Gasteiger partial charge in [0.05, 0.1) is 0 Å². The molecular formula is C10H13ClN2. The average molecular weight is 197 g/mol. The standard InChI is InChI=1S/C10H13ClN2/c1-7-2-3-8(6-7)10-12-5-4-9(11)13-10/h4-5,7-8H,2-3,6H2,1H3. The van der Waals surface area contributed by atoms with E-state index >= 15 is 0 Å². The van der Waals surface area contributed by atoms with Gasteiger partial charge in [-0.15, -0.1) is 0 Å². The van der Waals surface area contributed by atoms with Crippen LogP contribution in [0.15, 0.2) is 12.3 Å². The minimum Gasteiger partial charge on any atom is -0.241 e. The fourth-order valence-electron chi connectivity index (χ4n) is 1.99. The van der Waals surface area contributed by atoms with Gasteiger partial charge >= 0.3 is 0 Å². The van der Waals surface area contributed by atoms with E-state index in [2.05, 4.69) is 16.9 Å². The number of aromatic nitrogens is 2. The van der Waals surface area contributed by atoms with Crippen LogP contribution in [0.4, 0.5) is 0 Å². The molecule has 1 aromatic rings. The van der Waals surface area contributed by atoms with Gasteiger partial charge in [-0.25, -0.2) is 9.97 Å². The van der Waals surface area contributed by atoms with E-state index in [4.69, 9.17) is 11.6 Å². The maximum absolute atomic E-state index is 5.81. The van der Waals surface area contributed by atoms with Gasteiger partial charge in [0.25, 0.3) is 0 Å². The van der Waals surface area contributed by atoms with Crippen LogP contribution in [0.3, 0.4) is 0 Å². The molecule has 1 aliphatic carbocycles. The highest BCUT2D eigenvalue weighted by molar-refractivity contribution is 6.29. The first-order valence-corrected chi connectivity index (χ1v) is 5.12. The van der Waals surface area contributed by atoms with Crippen LogP contribution in [-0.2, 0) is 0 Å². The molecule has 2 nitrogen and oxygen atoms in total. The van der Waals surface area contributed by atoms with Gasteiger partial charge in [0, 0.05) is 12.1 Å². The minimum absolute atomic E-state index is 0.536. The lowest BCUT2D eigenvalue weighted by molar-refractivity contribution is 0.585. The van der Waals surface area contributed by atoms with E-state index in [-0.39, 0.29) is 0 Å². The molecule has 0 amide bonds. The van der Waals surface area contributed by atoms with Crippen LogP contribution in [-0.4, -0.2) is 9.97 Å². The minimum atomic E-state index is 0.536. The van der Waals surface area contributed by atoms with Gasteiger partial charge < -0.3 is 0 Å². The Bertz CT molecular complexity index is 301. The van der Waals surface area contributed by atoms with Crippen molar-refractivity contribution in [2.45, 2.75) is 32.1 Å². The van der Waals surface area contributed by atoms with Gasteiger partial charge in [-0.2, -0.15) is 0 Å². The number of rotatable bonds is 1. The van der Waals surface area contributed by atoms with Crippen LogP contribution in [0.5, 0.6) is 0 Å². The smallest absolute Gasteiger partial charge is 0.133 e. The zero-order valence-corrected chi connectivity index (χ0v) is 8.46. The van der Waals surface area contributed by atoms with Crippen molar-refractivity contribution in [3.63, 3.8) is 0 Å². The summed E-state index contributed by atoms with van der Waals surface area (Å²) in [6.07, 6.45) is 5.45. The molecule has 1 aliphatic rings. The topological polar surface area (TPSA) is 25.8 Å². The predicted octanol–water partition coefficient (Wildman–Crippen LogP) is 3.03. The normalized spacial score (nSPS) is 27.8. The van der Waals surface area contributed by atoms with E-state index in [0.29, 0.717) is 11.1 Å². The first-order chi connectivity index (χ1) is 6.25. The van der Waals surface area contributed by atoms with Crippen LogP contribution in [0.2, 0.25) is 5.15 Å². The molecule has 0 radical (unpaired) electrons. The molecule has 2 unspecified atom stereocenters. The fourth-order valence-corrected chi connectivity index (χ4v) is 2.13. The molecule has 13 heavy (non-hydrogen) atoms. The molecule has 1 fully saturated rings. The van der Waals surface area contributed by atoms with E-state index in [1.54, 1.807) is 12.3 Å². The molecule has 3 heteroatoms. The van der Waals surface area contributed by atoms with E-state index in [9.17, 15) is 0 Å². The third-order valence-corrected chi connectivity index (χ3v) is 2.91. The van der Waals surface area contributed by atoms with Gasteiger partial charge in [-0.3, -0.25) is 0 Å². The van der Waals surface area contributed by atoms with Crippen molar-refractivity contribution in [2.24, 2.45) is 5.92 Å². The first-order valence-electron chi connectivity index (χ1n) is 4.74. The Morgan fingerprint density at radius 1 is 1.46 bits per heavy atom. The highest BCUT2D eigenvalue weighted by Gasteiger charge is 2.24. The monoisotopic (exact) mass is 196 g/mol. The van der Waals surface area contributed by atoms with E-state index in [0.717, 1.165) is 11.7 Å². The maximum atomic E-state index is 5.81. The summed E-state index contributed by atoms with van der Waals surface area (Å²) in [5.74, 6) is 2.28. The maximum Gasteiger partial charge on any atom is 0.133 e. The quantitative estimate of drug-likeness (QED) is 0.646. The lowest BCUT2D eigenvalue weighted by Crippen LogP contribution is -2.00. The molecule has 0 aliphatic heterocycles. The molecule has 2 rings (SSSR count). The van der Waals surface area contributed by atoms with Gasteiger partial charge in [0.15, 0.2) is 0 Å². The van der Waals surface area contributed by atoms with Crippen molar-refractivity contribution >= 4 is 11.6 Å². The van der Waals surface area contributed by atoms with Gasteiger partial charge in [0.1, 0.15) is 11.0 Å². The van der Waals surface area contributed by atoms with Crippen molar-refractivity contribution in [1.29, 1.82) is 0 Å². The summed E-state index contributed by atoms with van der Waals surface area (Å²) in [6, 6.07) is 1.73. The molecule has 0 N–H and O–H groups in total. The van der Waals surface area contributed by atoms with E-state index < -0.39 is 0 Å². The average Bonchev–Trinajstić information content (AvgIpc) is 2.52. The Kier molecular flexibility index (Phi) is 2.49. The summed E-state index contributed by atoms with van der Waals surface area (Å²) < 4.78 is 0. The largest absolute Gasteiger partial charge is 0.241 e. The summed E-state index contributed by atoms with van der Waals surface area (Å²) in [5.41, 5.74) is 0. The van der Waals surface area contributed by atoms with Crippen molar-refractivity contribution in [3.05, 3.63) is 23.2 Å². The zero-order valence-electron chi connectivity index (χ0n) is 7.70. The van der Waals surface area contributed by atoms with E-state index in [1.165, 1.54) is 19.3 Å². The molecule has 0 aromatic carbocycles. The highest BCUT2D eigenvalue weighted by atomic mass is 35.5. The summed E-state index contributed by atoms with van der Waals surface area (Å²) >= 11 is 5.81. The second-order valence-electron chi connectivity index (χ2n) is 3.85. The Balaban J connectivity index is 2.16. The lowest BCUT2D eigenvalue weighted by Gasteiger charge is -2.06. The SMILES string of the molecule is CC1CCC(c2nccc(Cl)n2)C1. The molecule has 1 heterocycles. The molecule has 0 spiro atoms. The molecule has 0 bridgehead atoms. The Hall–Kier alpha value is -0.630. The molecular weight excluding hydrogens is 184 g/mol. The Morgan fingerprint density at radius 3 is 2.92 bits per heavy atom. The number of hydrogen-bond donors (Lipinski definition) is 0. The molecule has 0 saturated heterocycles. The van der Waals surface area contributed by atoms with Gasteiger partial charge in [0.2, 0.25) is 0 Å². The van der Waals surface area contributed by atoms with Crippen molar-refractivity contribution in [1.82, 2.24) is 9.97 Å². The summed E-state index contributed by atoms with van der Waals surface area (Å²) in [4.78, 5) is 8.50. The van der Waals surface area contributed by atoms with E-state index in [1.807, 2.05) is 0 Å². The third-order valence-electron chi connectivity index (χ3n) is 2.70. The molecule has 1 saturated carbocycles. The molecule has 2 atom stereocenters. The predicted molar refractivity (Wildman–Crippen MR) is 52.8 cm³/mol. The molecule has 1 aromatic heterocycles. The van der Waals surface area contributed by atoms with Crippen LogP contribution in [0.25, 0.3) is 0 Å². The second-order valence-corrected chi connectivity index (χ2v) is 4.24. The van der Waals surface area contributed by atoms with Crippen LogP contribution < -0.4 is 0 Å². The number of hydrogen-bond acceptors (Lipinski definition) is 2.